The van der Waals surface area contributed by atoms with Crippen LogP contribution in [0.2, 0.25) is 0 Å². The molecule has 0 N–H and O–H groups in total. The molecule has 0 amide bonds. The molecule has 1 unspecified atom stereocenters. The lowest BCUT2D eigenvalue weighted by molar-refractivity contribution is 0.414. The first kappa shape index (κ1) is 15.1. The molecule has 0 fully saturated rings. The van der Waals surface area contributed by atoms with E-state index in [4.69, 9.17) is 4.74 Å². The van der Waals surface area contributed by atoms with E-state index in [0.717, 1.165) is 16.9 Å². The number of nitrogens with zero attached hydrogens (tertiary/aromatic N) is 1. The van der Waals surface area contributed by atoms with Crippen molar-refractivity contribution in [2.75, 3.05) is 7.11 Å². The van der Waals surface area contributed by atoms with Crippen molar-refractivity contribution < 1.29 is 4.74 Å². The van der Waals surface area contributed by atoms with Gasteiger partial charge in [-0.05, 0) is 61.6 Å². The zero-order valence-electron chi connectivity index (χ0n) is 13.1. The number of benzene rings is 2. The van der Waals surface area contributed by atoms with Gasteiger partial charge in [0, 0.05) is 0 Å². The molecule has 0 spiro atoms. The molecule has 1 atom stereocenters. The highest BCUT2D eigenvalue weighted by molar-refractivity contribution is 5.43. The van der Waals surface area contributed by atoms with Gasteiger partial charge in [-0.1, -0.05) is 29.8 Å². The van der Waals surface area contributed by atoms with Gasteiger partial charge in [0.05, 0.1) is 19.1 Å². The zero-order chi connectivity index (χ0) is 15.4. The molecule has 2 heteroatoms. The normalized spacial score (nSPS) is 11.8. The number of aryl methyl sites for hydroxylation is 3. The fourth-order valence-electron chi connectivity index (χ4n) is 2.99. The Morgan fingerprint density at radius 3 is 2.33 bits per heavy atom. The van der Waals surface area contributed by atoms with Crippen molar-refractivity contribution in [3.8, 4) is 11.8 Å². The SMILES string of the molecule is COc1cccc(CC(C#N)c2c(C)cc(C)cc2C)c1. The quantitative estimate of drug-likeness (QED) is 0.827. The van der Waals surface area contributed by atoms with Gasteiger partial charge < -0.3 is 4.74 Å². The van der Waals surface area contributed by atoms with E-state index in [1.165, 1.54) is 16.7 Å². The smallest absolute Gasteiger partial charge is 0.119 e. The van der Waals surface area contributed by atoms with Crippen LogP contribution in [0, 0.1) is 32.1 Å². The lowest BCUT2D eigenvalue weighted by Gasteiger charge is -2.17. The summed E-state index contributed by atoms with van der Waals surface area (Å²) in [7, 11) is 1.66. The Bertz CT molecular complexity index is 659. The molecule has 0 bridgehead atoms. The van der Waals surface area contributed by atoms with Gasteiger partial charge in [0.15, 0.2) is 0 Å². The Morgan fingerprint density at radius 1 is 1.10 bits per heavy atom. The summed E-state index contributed by atoms with van der Waals surface area (Å²) in [5.41, 5.74) is 5.92. The fraction of sp³-hybridized carbons (Fsp3) is 0.316. The van der Waals surface area contributed by atoms with Gasteiger partial charge in [-0.15, -0.1) is 0 Å². The Balaban J connectivity index is 2.35. The van der Waals surface area contributed by atoms with E-state index in [2.05, 4.69) is 39.0 Å². The molecule has 2 rings (SSSR count). The molecule has 108 valence electrons. The molecule has 2 aromatic carbocycles. The minimum Gasteiger partial charge on any atom is -0.497 e. The summed E-state index contributed by atoms with van der Waals surface area (Å²) in [4.78, 5) is 0. The third-order valence-electron chi connectivity index (χ3n) is 3.82. The summed E-state index contributed by atoms with van der Waals surface area (Å²) in [6.07, 6.45) is 0.707. The highest BCUT2D eigenvalue weighted by atomic mass is 16.5. The van der Waals surface area contributed by atoms with Crippen LogP contribution in [0.5, 0.6) is 5.75 Å². The summed E-state index contributed by atoms with van der Waals surface area (Å²) in [5, 5.41) is 9.60. The number of rotatable bonds is 4. The highest BCUT2D eigenvalue weighted by Gasteiger charge is 2.17. The van der Waals surface area contributed by atoms with E-state index in [0.29, 0.717) is 6.42 Å². The van der Waals surface area contributed by atoms with Crippen LogP contribution in [0.4, 0.5) is 0 Å². The second kappa shape index (κ2) is 6.45. The predicted octanol–water partition coefficient (Wildman–Crippen LogP) is 4.47. The monoisotopic (exact) mass is 279 g/mol. The minimum absolute atomic E-state index is 0.127. The van der Waals surface area contributed by atoms with Crippen LogP contribution in [0.3, 0.4) is 0 Å². The maximum absolute atomic E-state index is 9.60. The second-order valence-electron chi connectivity index (χ2n) is 5.55. The maximum Gasteiger partial charge on any atom is 0.119 e. The average molecular weight is 279 g/mol. The first-order chi connectivity index (χ1) is 10.0. The largest absolute Gasteiger partial charge is 0.497 e. The first-order valence-corrected chi connectivity index (χ1v) is 7.15. The van der Waals surface area contributed by atoms with Crippen LogP contribution in [0.1, 0.15) is 33.7 Å². The van der Waals surface area contributed by atoms with Gasteiger partial charge in [0.2, 0.25) is 0 Å². The lowest BCUT2D eigenvalue weighted by atomic mass is 9.86. The van der Waals surface area contributed by atoms with Crippen LogP contribution in [-0.4, -0.2) is 7.11 Å². The van der Waals surface area contributed by atoms with E-state index in [1.54, 1.807) is 7.11 Å². The van der Waals surface area contributed by atoms with Gasteiger partial charge in [0.1, 0.15) is 5.75 Å². The van der Waals surface area contributed by atoms with Crippen molar-refractivity contribution in [1.29, 1.82) is 5.26 Å². The Labute approximate surface area is 127 Å². The zero-order valence-corrected chi connectivity index (χ0v) is 13.1. The van der Waals surface area contributed by atoms with Crippen LogP contribution >= 0.6 is 0 Å². The van der Waals surface area contributed by atoms with Crippen LogP contribution in [-0.2, 0) is 6.42 Å². The van der Waals surface area contributed by atoms with Crippen LogP contribution in [0.15, 0.2) is 36.4 Å². The molecule has 0 aliphatic heterocycles. The topological polar surface area (TPSA) is 33.0 Å². The number of nitriles is 1. The molecule has 0 heterocycles. The first-order valence-electron chi connectivity index (χ1n) is 7.15. The van der Waals surface area contributed by atoms with Crippen molar-refractivity contribution >= 4 is 0 Å². The van der Waals surface area contributed by atoms with Crippen molar-refractivity contribution in [3.63, 3.8) is 0 Å². The molecule has 0 aliphatic carbocycles. The predicted molar refractivity (Wildman–Crippen MR) is 85.7 cm³/mol. The molecule has 0 aromatic heterocycles. The Hall–Kier alpha value is -2.27. The van der Waals surface area contributed by atoms with Crippen molar-refractivity contribution in [2.24, 2.45) is 0 Å². The van der Waals surface area contributed by atoms with Crippen LogP contribution < -0.4 is 4.74 Å². The molecule has 0 radical (unpaired) electrons. The minimum atomic E-state index is -0.127. The van der Waals surface area contributed by atoms with E-state index < -0.39 is 0 Å². The highest BCUT2D eigenvalue weighted by Crippen LogP contribution is 2.28. The second-order valence-corrected chi connectivity index (χ2v) is 5.55. The molecule has 2 aromatic rings. The molecule has 21 heavy (non-hydrogen) atoms. The summed E-state index contributed by atoms with van der Waals surface area (Å²) in [6.45, 7) is 6.27. The third-order valence-corrected chi connectivity index (χ3v) is 3.82. The Kier molecular flexibility index (Phi) is 4.65. The van der Waals surface area contributed by atoms with Crippen molar-refractivity contribution in [2.45, 2.75) is 33.1 Å². The van der Waals surface area contributed by atoms with E-state index >= 15 is 0 Å². The van der Waals surface area contributed by atoms with E-state index in [-0.39, 0.29) is 5.92 Å². The van der Waals surface area contributed by atoms with Crippen molar-refractivity contribution in [1.82, 2.24) is 0 Å². The third kappa shape index (κ3) is 3.44. The Morgan fingerprint density at radius 2 is 1.76 bits per heavy atom. The molecule has 0 saturated carbocycles. The number of hydrogen-bond donors (Lipinski definition) is 0. The molecule has 0 aliphatic rings. The summed E-state index contributed by atoms with van der Waals surface area (Å²) in [5.74, 6) is 0.708. The summed E-state index contributed by atoms with van der Waals surface area (Å²) < 4.78 is 5.26. The van der Waals surface area contributed by atoms with Crippen LogP contribution in [0.25, 0.3) is 0 Å². The van der Waals surface area contributed by atoms with Gasteiger partial charge in [-0.2, -0.15) is 5.26 Å². The standard InChI is InChI=1S/C19H21NO/c1-13-8-14(2)19(15(3)9-13)17(12-20)10-16-6-5-7-18(11-16)21-4/h5-9,11,17H,10H2,1-4H3. The summed E-state index contributed by atoms with van der Waals surface area (Å²) in [6, 6.07) is 14.7. The molecule has 2 nitrogen and oxygen atoms in total. The molecular weight excluding hydrogens is 258 g/mol. The fourth-order valence-corrected chi connectivity index (χ4v) is 2.99. The maximum atomic E-state index is 9.60. The van der Waals surface area contributed by atoms with Gasteiger partial charge >= 0.3 is 0 Å². The lowest BCUT2D eigenvalue weighted by Crippen LogP contribution is -2.06. The summed E-state index contributed by atoms with van der Waals surface area (Å²) >= 11 is 0. The van der Waals surface area contributed by atoms with Gasteiger partial charge in [-0.25, -0.2) is 0 Å². The number of hydrogen-bond acceptors (Lipinski definition) is 2. The van der Waals surface area contributed by atoms with E-state index in [9.17, 15) is 5.26 Å². The molecular formula is C19H21NO. The van der Waals surface area contributed by atoms with Crippen molar-refractivity contribution in [3.05, 3.63) is 64.2 Å². The van der Waals surface area contributed by atoms with E-state index in [1.807, 2.05) is 24.3 Å². The van der Waals surface area contributed by atoms with Gasteiger partial charge in [0.25, 0.3) is 0 Å². The molecule has 0 saturated heterocycles. The average Bonchev–Trinajstić information content (AvgIpc) is 2.45. The van der Waals surface area contributed by atoms with Gasteiger partial charge in [-0.3, -0.25) is 0 Å². The number of methoxy groups -OCH3 is 1. The number of ether oxygens (including phenoxy) is 1.